The van der Waals surface area contributed by atoms with E-state index in [1.165, 1.54) is 4.90 Å². The van der Waals surface area contributed by atoms with Crippen LogP contribution in [0.1, 0.15) is 52.4 Å². The summed E-state index contributed by atoms with van der Waals surface area (Å²) in [4.78, 5) is 35.8. The highest BCUT2D eigenvalue weighted by Gasteiger charge is 2.32. The van der Waals surface area contributed by atoms with E-state index < -0.39 is 0 Å². The summed E-state index contributed by atoms with van der Waals surface area (Å²) < 4.78 is 0. The van der Waals surface area contributed by atoms with Gasteiger partial charge >= 0.3 is 0 Å². The van der Waals surface area contributed by atoms with Crippen LogP contribution in [-0.4, -0.2) is 35.2 Å². The van der Waals surface area contributed by atoms with E-state index in [1.54, 1.807) is 0 Å². The quantitative estimate of drug-likeness (QED) is 0.778. The number of hydrogen-bond acceptors (Lipinski definition) is 3. The number of carbonyl (C=O) groups is 3. The van der Waals surface area contributed by atoms with Crippen LogP contribution in [0.3, 0.4) is 0 Å². The minimum absolute atomic E-state index is 0.0600. The largest absolute Gasteiger partial charge is 0.353 e. The summed E-state index contributed by atoms with van der Waals surface area (Å²) in [7, 11) is 0. The minimum atomic E-state index is -0.153. The van der Waals surface area contributed by atoms with Crippen LogP contribution in [0, 0.1) is 5.41 Å². The van der Waals surface area contributed by atoms with E-state index in [0.29, 0.717) is 5.41 Å². The van der Waals surface area contributed by atoms with Gasteiger partial charge in [-0.05, 0) is 24.7 Å². The van der Waals surface area contributed by atoms with Crippen molar-refractivity contribution in [2.75, 3.05) is 6.54 Å². The maximum atomic E-state index is 11.8. The molecule has 0 aromatic carbocycles. The second-order valence-electron chi connectivity index (χ2n) is 6.36. The lowest BCUT2D eigenvalue weighted by Gasteiger charge is -2.18. The van der Waals surface area contributed by atoms with Crippen molar-refractivity contribution in [2.45, 2.75) is 58.4 Å². The first kappa shape index (κ1) is 14.0. The lowest BCUT2D eigenvalue weighted by Crippen LogP contribution is -2.37. The highest BCUT2D eigenvalue weighted by molar-refractivity contribution is 6.02. The van der Waals surface area contributed by atoms with Crippen molar-refractivity contribution in [2.24, 2.45) is 5.41 Å². The van der Waals surface area contributed by atoms with Gasteiger partial charge in [-0.1, -0.05) is 13.8 Å². The fourth-order valence-corrected chi connectivity index (χ4v) is 2.94. The van der Waals surface area contributed by atoms with Gasteiger partial charge in [0.25, 0.3) is 0 Å². The first-order chi connectivity index (χ1) is 8.87. The molecule has 1 atom stereocenters. The Morgan fingerprint density at radius 1 is 1.32 bits per heavy atom. The third-order valence-corrected chi connectivity index (χ3v) is 4.05. The van der Waals surface area contributed by atoms with Crippen LogP contribution >= 0.6 is 0 Å². The molecule has 0 radical (unpaired) electrons. The van der Waals surface area contributed by atoms with E-state index in [1.807, 2.05) is 0 Å². The van der Waals surface area contributed by atoms with E-state index >= 15 is 0 Å². The molecule has 1 saturated carbocycles. The lowest BCUT2D eigenvalue weighted by molar-refractivity contribution is -0.138. The number of imide groups is 1. The summed E-state index contributed by atoms with van der Waals surface area (Å²) in [5, 5.41) is 3.00. The molecule has 2 rings (SSSR count). The number of hydrogen-bond donors (Lipinski definition) is 1. The Hall–Kier alpha value is -1.39. The van der Waals surface area contributed by atoms with Crippen molar-refractivity contribution in [3.63, 3.8) is 0 Å². The van der Waals surface area contributed by atoms with Crippen molar-refractivity contribution in [1.82, 2.24) is 10.2 Å². The molecule has 19 heavy (non-hydrogen) atoms. The maximum absolute atomic E-state index is 11.8. The molecule has 5 heteroatoms. The topological polar surface area (TPSA) is 66.5 Å². The molecule has 1 aliphatic carbocycles. The van der Waals surface area contributed by atoms with E-state index in [-0.39, 0.29) is 49.6 Å². The van der Waals surface area contributed by atoms with Crippen molar-refractivity contribution >= 4 is 17.7 Å². The van der Waals surface area contributed by atoms with Gasteiger partial charge in [-0.3, -0.25) is 19.3 Å². The lowest BCUT2D eigenvalue weighted by atomic mass is 9.92. The van der Waals surface area contributed by atoms with Crippen LogP contribution in [0.4, 0.5) is 0 Å². The van der Waals surface area contributed by atoms with Crippen LogP contribution in [-0.2, 0) is 14.4 Å². The summed E-state index contributed by atoms with van der Waals surface area (Å²) >= 11 is 0. The molecule has 0 bridgehead atoms. The normalized spacial score (nSPS) is 26.0. The molecule has 0 aromatic rings. The van der Waals surface area contributed by atoms with E-state index in [4.69, 9.17) is 0 Å². The van der Waals surface area contributed by atoms with Gasteiger partial charge in [0.05, 0.1) is 0 Å². The number of likely N-dealkylation sites (tertiary alicyclic amines) is 1. The van der Waals surface area contributed by atoms with Crippen molar-refractivity contribution in [3.8, 4) is 0 Å². The average Bonchev–Trinajstić information content (AvgIpc) is 2.80. The molecule has 5 nitrogen and oxygen atoms in total. The van der Waals surface area contributed by atoms with Gasteiger partial charge in [-0.15, -0.1) is 0 Å². The predicted octanol–water partition coefficient (Wildman–Crippen LogP) is 1.22. The summed E-state index contributed by atoms with van der Waals surface area (Å²) in [6, 6.07) is 0.243. The van der Waals surface area contributed by atoms with Crippen LogP contribution in [0.2, 0.25) is 0 Å². The zero-order valence-corrected chi connectivity index (χ0v) is 11.7. The second-order valence-corrected chi connectivity index (χ2v) is 6.36. The average molecular weight is 266 g/mol. The molecule has 1 unspecified atom stereocenters. The molecule has 1 saturated heterocycles. The van der Waals surface area contributed by atoms with Crippen LogP contribution in [0.15, 0.2) is 0 Å². The van der Waals surface area contributed by atoms with Crippen molar-refractivity contribution in [3.05, 3.63) is 0 Å². The highest BCUT2D eigenvalue weighted by atomic mass is 16.2. The maximum Gasteiger partial charge on any atom is 0.229 e. The third-order valence-electron chi connectivity index (χ3n) is 4.05. The van der Waals surface area contributed by atoms with Gasteiger partial charge in [0, 0.05) is 31.8 Å². The third kappa shape index (κ3) is 3.55. The molecule has 1 aliphatic heterocycles. The Bertz CT molecular complexity index is 387. The van der Waals surface area contributed by atoms with Gasteiger partial charge in [-0.25, -0.2) is 0 Å². The molecule has 1 N–H and O–H groups in total. The summed E-state index contributed by atoms with van der Waals surface area (Å²) in [5.41, 5.74) is 0.304. The Labute approximate surface area is 113 Å². The number of rotatable bonds is 4. The van der Waals surface area contributed by atoms with E-state index in [0.717, 1.165) is 19.3 Å². The summed E-state index contributed by atoms with van der Waals surface area (Å²) in [5.74, 6) is -0.366. The molecule has 0 spiro atoms. The molecule has 106 valence electrons. The van der Waals surface area contributed by atoms with Crippen LogP contribution < -0.4 is 5.32 Å². The number of nitrogens with one attached hydrogen (secondary N) is 1. The zero-order chi connectivity index (χ0) is 14.0. The summed E-state index contributed by atoms with van der Waals surface area (Å²) in [6.45, 7) is 4.64. The number of amides is 3. The first-order valence-corrected chi connectivity index (χ1v) is 7.00. The monoisotopic (exact) mass is 266 g/mol. The summed E-state index contributed by atoms with van der Waals surface area (Å²) in [6.07, 6.45) is 3.94. The molecule has 3 amide bonds. The SMILES string of the molecule is CC1(C)CCC(NC(=O)CCN2C(=O)CCC2=O)C1. The predicted molar refractivity (Wildman–Crippen MR) is 70.1 cm³/mol. The van der Waals surface area contributed by atoms with Gasteiger partial charge in [0.15, 0.2) is 0 Å². The Morgan fingerprint density at radius 2 is 1.95 bits per heavy atom. The minimum Gasteiger partial charge on any atom is -0.353 e. The molecule has 2 aliphatic rings. The van der Waals surface area contributed by atoms with Gasteiger partial charge in [-0.2, -0.15) is 0 Å². The van der Waals surface area contributed by atoms with Crippen molar-refractivity contribution in [1.29, 1.82) is 0 Å². The molecular formula is C14H22N2O3. The standard InChI is InChI=1S/C14H22N2O3/c1-14(2)7-5-10(9-14)15-11(17)6-8-16-12(18)3-4-13(16)19/h10H,3-9H2,1-2H3,(H,15,17). The van der Waals surface area contributed by atoms with E-state index in [9.17, 15) is 14.4 Å². The smallest absolute Gasteiger partial charge is 0.229 e. The molecule has 2 fully saturated rings. The van der Waals surface area contributed by atoms with Gasteiger partial charge in [0.2, 0.25) is 17.7 Å². The second kappa shape index (κ2) is 5.31. The van der Waals surface area contributed by atoms with Crippen molar-refractivity contribution < 1.29 is 14.4 Å². The highest BCUT2D eigenvalue weighted by Crippen LogP contribution is 2.36. The fourth-order valence-electron chi connectivity index (χ4n) is 2.94. The first-order valence-electron chi connectivity index (χ1n) is 7.00. The Morgan fingerprint density at radius 3 is 2.47 bits per heavy atom. The fraction of sp³-hybridized carbons (Fsp3) is 0.786. The number of carbonyl (C=O) groups excluding carboxylic acids is 3. The molecule has 1 heterocycles. The Balaban J connectivity index is 1.73. The van der Waals surface area contributed by atoms with Crippen LogP contribution in [0.25, 0.3) is 0 Å². The van der Waals surface area contributed by atoms with E-state index in [2.05, 4.69) is 19.2 Å². The van der Waals surface area contributed by atoms with Gasteiger partial charge < -0.3 is 5.32 Å². The van der Waals surface area contributed by atoms with Crippen LogP contribution in [0.5, 0.6) is 0 Å². The molecule has 0 aromatic heterocycles. The van der Waals surface area contributed by atoms with Gasteiger partial charge in [0.1, 0.15) is 0 Å². The Kier molecular flexibility index (Phi) is 3.92. The molecular weight excluding hydrogens is 244 g/mol. The number of nitrogens with zero attached hydrogens (tertiary/aromatic N) is 1. The zero-order valence-electron chi connectivity index (χ0n) is 11.7.